The summed E-state index contributed by atoms with van der Waals surface area (Å²) in [6, 6.07) is 7.91. The molecule has 136 valence electrons. The molecule has 9 heteroatoms. The number of imidazole rings is 1. The van der Waals surface area contributed by atoms with Crippen LogP contribution in [0.1, 0.15) is 12.5 Å². The van der Waals surface area contributed by atoms with Crippen molar-refractivity contribution >= 4 is 29.0 Å². The minimum Gasteiger partial charge on any atom is -0.378 e. The summed E-state index contributed by atoms with van der Waals surface area (Å²) < 4.78 is 2.98. The number of hydrogen-bond donors (Lipinski definition) is 2. The summed E-state index contributed by atoms with van der Waals surface area (Å²) in [4.78, 5) is 32.5. The Kier molecular flexibility index (Phi) is 4.61. The first-order valence-corrected chi connectivity index (χ1v) is 8.18. The average molecular weight is 355 g/mol. The zero-order chi connectivity index (χ0) is 18.8. The third-order valence-electron chi connectivity index (χ3n) is 4.11. The summed E-state index contributed by atoms with van der Waals surface area (Å²) >= 11 is 0. The molecule has 0 aliphatic heterocycles. The molecule has 0 bridgehead atoms. The number of aryl methyl sites for hydroxylation is 2. The van der Waals surface area contributed by atoms with E-state index in [9.17, 15) is 9.59 Å². The van der Waals surface area contributed by atoms with Gasteiger partial charge in [-0.1, -0.05) is 12.1 Å². The van der Waals surface area contributed by atoms with E-state index < -0.39 is 11.2 Å². The molecule has 0 amide bonds. The number of hydrazone groups is 1. The highest BCUT2D eigenvalue weighted by Crippen LogP contribution is 2.15. The normalized spacial score (nSPS) is 11.4. The predicted molar refractivity (Wildman–Crippen MR) is 103 cm³/mol. The van der Waals surface area contributed by atoms with Crippen molar-refractivity contribution in [3.63, 3.8) is 0 Å². The predicted octanol–water partition coefficient (Wildman–Crippen LogP) is 0.955. The van der Waals surface area contributed by atoms with Crippen LogP contribution in [0, 0.1) is 0 Å². The maximum Gasteiger partial charge on any atom is 0.329 e. The molecule has 2 aromatic heterocycles. The number of anilines is 2. The molecule has 0 unspecified atom stereocenters. The minimum atomic E-state index is -0.501. The Morgan fingerprint density at radius 1 is 1.27 bits per heavy atom. The van der Waals surface area contributed by atoms with Gasteiger partial charge in [0.05, 0.1) is 6.21 Å². The lowest BCUT2D eigenvalue weighted by Gasteiger charge is -2.11. The van der Waals surface area contributed by atoms with E-state index in [0.29, 0.717) is 23.7 Å². The number of benzene rings is 1. The van der Waals surface area contributed by atoms with Crippen LogP contribution in [0.2, 0.25) is 0 Å². The van der Waals surface area contributed by atoms with Crippen LogP contribution in [0.3, 0.4) is 0 Å². The molecule has 0 saturated carbocycles. The number of hydrogen-bond acceptors (Lipinski definition) is 6. The molecule has 0 aliphatic rings. The maximum absolute atomic E-state index is 12.1. The van der Waals surface area contributed by atoms with Gasteiger partial charge in [-0.25, -0.2) is 10.2 Å². The van der Waals surface area contributed by atoms with E-state index >= 15 is 0 Å². The van der Waals surface area contributed by atoms with Crippen LogP contribution < -0.4 is 21.6 Å². The van der Waals surface area contributed by atoms with Crippen molar-refractivity contribution < 1.29 is 0 Å². The fourth-order valence-corrected chi connectivity index (χ4v) is 2.65. The number of nitrogens with zero attached hydrogens (tertiary/aromatic N) is 5. The molecule has 0 fully saturated rings. The molecule has 26 heavy (non-hydrogen) atoms. The second-order valence-corrected chi connectivity index (χ2v) is 6.03. The van der Waals surface area contributed by atoms with Crippen LogP contribution in [-0.4, -0.2) is 39.4 Å². The van der Waals surface area contributed by atoms with Gasteiger partial charge in [0, 0.05) is 33.4 Å². The van der Waals surface area contributed by atoms with Gasteiger partial charge in [-0.15, -0.1) is 0 Å². The van der Waals surface area contributed by atoms with Crippen LogP contribution in [0.5, 0.6) is 0 Å². The summed E-state index contributed by atoms with van der Waals surface area (Å²) in [5, 5.41) is 4.20. The molecule has 2 N–H and O–H groups in total. The van der Waals surface area contributed by atoms with Gasteiger partial charge in [0.15, 0.2) is 11.2 Å². The number of nitrogens with one attached hydrogen (secondary N) is 2. The van der Waals surface area contributed by atoms with Gasteiger partial charge in [-0.05, 0) is 24.6 Å². The first-order valence-electron chi connectivity index (χ1n) is 8.18. The van der Waals surface area contributed by atoms with Gasteiger partial charge in [-0.3, -0.25) is 14.3 Å². The lowest BCUT2D eigenvalue weighted by molar-refractivity contribution is 0.781. The van der Waals surface area contributed by atoms with E-state index in [2.05, 4.69) is 20.5 Å². The molecule has 3 aromatic rings. The Morgan fingerprint density at radius 3 is 2.58 bits per heavy atom. The van der Waals surface area contributed by atoms with Crippen LogP contribution in [-0.2, 0) is 13.6 Å². The summed E-state index contributed by atoms with van der Waals surface area (Å²) in [6.07, 6.45) is 1.67. The highest BCUT2D eigenvalue weighted by atomic mass is 16.2. The van der Waals surface area contributed by atoms with E-state index in [1.54, 1.807) is 17.8 Å². The fraction of sp³-hybridized carbons (Fsp3) is 0.294. The number of rotatable bonds is 5. The Labute approximate surface area is 149 Å². The fourth-order valence-electron chi connectivity index (χ4n) is 2.65. The molecule has 3 rings (SSSR count). The summed E-state index contributed by atoms with van der Waals surface area (Å²) in [5.74, 6) is 0.398. The first-order chi connectivity index (χ1) is 12.4. The van der Waals surface area contributed by atoms with E-state index in [-0.39, 0.29) is 0 Å². The van der Waals surface area contributed by atoms with Gasteiger partial charge in [0.1, 0.15) is 0 Å². The van der Waals surface area contributed by atoms with Crippen molar-refractivity contribution in [3.8, 4) is 0 Å². The van der Waals surface area contributed by atoms with Gasteiger partial charge < -0.3 is 9.47 Å². The van der Waals surface area contributed by atoms with Crippen molar-refractivity contribution in [3.05, 3.63) is 50.7 Å². The zero-order valence-corrected chi connectivity index (χ0v) is 15.1. The van der Waals surface area contributed by atoms with E-state index in [0.717, 1.165) is 11.3 Å². The van der Waals surface area contributed by atoms with Gasteiger partial charge in [-0.2, -0.15) is 10.1 Å². The number of aromatic nitrogens is 4. The quantitative estimate of drug-likeness (QED) is 0.524. The van der Waals surface area contributed by atoms with Gasteiger partial charge in [0.25, 0.3) is 5.56 Å². The number of H-pyrrole nitrogens is 1. The lowest BCUT2D eigenvalue weighted by Crippen LogP contribution is -2.29. The molecule has 2 heterocycles. The summed E-state index contributed by atoms with van der Waals surface area (Å²) in [6.45, 7) is 2.40. The average Bonchev–Trinajstić information content (AvgIpc) is 2.99. The van der Waals surface area contributed by atoms with Gasteiger partial charge >= 0.3 is 5.69 Å². The Bertz CT molecular complexity index is 1070. The molecule has 0 radical (unpaired) electrons. The Morgan fingerprint density at radius 2 is 1.96 bits per heavy atom. The van der Waals surface area contributed by atoms with Crippen molar-refractivity contribution in [1.29, 1.82) is 0 Å². The van der Waals surface area contributed by atoms with Crippen LogP contribution in [0.4, 0.5) is 11.6 Å². The van der Waals surface area contributed by atoms with Crippen LogP contribution in [0.25, 0.3) is 11.2 Å². The van der Waals surface area contributed by atoms with E-state index in [1.807, 2.05) is 50.2 Å². The largest absolute Gasteiger partial charge is 0.378 e. The lowest BCUT2D eigenvalue weighted by atomic mass is 10.2. The summed E-state index contributed by atoms with van der Waals surface area (Å²) in [7, 11) is 5.52. The third kappa shape index (κ3) is 3.10. The highest BCUT2D eigenvalue weighted by molar-refractivity contribution is 5.81. The smallest absolute Gasteiger partial charge is 0.329 e. The van der Waals surface area contributed by atoms with Crippen molar-refractivity contribution in [2.75, 3.05) is 24.4 Å². The maximum atomic E-state index is 12.1. The van der Waals surface area contributed by atoms with Crippen molar-refractivity contribution in [2.45, 2.75) is 13.5 Å². The first kappa shape index (κ1) is 17.5. The van der Waals surface area contributed by atoms with Crippen molar-refractivity contribution in [2.24, 2.45) is 12.1 Å². The summed E-state index contributed by atoms with van der Waals surface area (Å²) in [5.41, 5.74) is 4.56. The minimum absolute atomic E-state index is 0.314. The number of aromatic amines is 1. The SMILES string of the molecule is CCn1c(N/N=C/c2ccc(N(C)C)cc2)nc2c1c(=O)[nH]c(=O)n2C. The molecule has 0 saturated heterocycles. The molecular formula is C17H21N7O2. The third-order valence-corrected chi connectivity index (χ3v) is 4.11. The second-order valence-electron chi connectivity index (χ2n) is 6.03. The van der Waals surface area contributed by atoms with E-state index in [1.165, 1.54) is 4.57 Å². The molecule has 0 atom stereocenters. The Hall–Kier alpha value is -3.36. The molecule has 0 aliphatic carbocycles. The van der Waals surface area contributed by atoms with Gasteiger partial charge in [0.2, 0.25) is 5.95 Å². The second kappa shape index (κ2) is 6.87. The topological polar surface area (TPSA) is 100 Å². The number of fused-ring (bicyclic) bond motifs is 1. The molecule has 1 aromatic carbocycles. The Balaban J connectivity index is 1.91. The van der Waals surface area contributed by atoms with Crippen LogP contribution in [0.15, 0.2) is 39.0 Å². The highest BCUT2D eigenvalue weighted by Gasteiger charge is 2.15. The molecular weight excluding hydrogens is 334 g/mol. The van der Waals surface area contributed by atoms with Crippen molar-refractivity contribution in [1.82, 2.24) is 19.1 Å². The molecule has 9 nitrogen and oxygen atoms in total. The standard InChI is InChI=1S/C17H21N7O2/c1-5-24-13-14(23(4)17(26)20-15(13)25)19-16(24)21-18-10-11-6-8-12(9-7-11)22(2)3/h6-10H,5H2,1-4H3,(H,19,21)(H,20,25,26)/b18-10+. The zero-order valence-electron chi connectivity index (χ0n) is 15.1. The van der Waals surface area contributed by atoms with Crippen LogP contribution >= 0.6 is 0 Å². The monoisotopic (exact) mass is 355 g/mol. The van der Waals surface area contributed by atoms with E-state index in [4.69, 9.17) is 0 Å². The molecule has 0 spiro atoms.